The van der Waals surface area contributed by atoms with Gasteiger partial charge in [-0.1, -0.05) is 156 Å². The van der Waals surface area contributed by atoms with Gasteiger partial charge in [-0.25, -0.2) is 4.98 Å². The van der Waals surface area contributed by atoms with Gasteiger partial charge in [-0.3, -0.25) is 4.57 Å². The summed E-state index contributed by atoms with van der Waals surface area (Å²) in [7, 11) is 0. The van der Waals surface area contributed by atoms with Crippen LogP contribution in [0.2, 0.25) is 0 Å². The molecule has 1 aliphatic heterocycles. The number of hydrogen-bond donors (Lipinski definition) is 0. The van der Waals surface area contributed by atoms with Gasteiger partial charge < -0.3 is 14.3 Å². The van der Waals surface area contributed by atoms with Crippen molar-refractivity contribution in [2.24, 2.45) is 0 Å². The Morgan fingerprint density at radius 1 is 0.483 bits per heavy atom. The third-order valence-electron chi connectivity index (χ3n) is 11.3. The monoisotopic (exact) mass is 745 g/mol. The minimum atomic E-state index is -0.265. The molecule has 0 atom stereocenters. The first-order valence-electron chi connectivity index (χ1n) is 19.6. The highest BCUT2D eigenvalue weighted by Crippen LogP contribution is 2.44. The quantitative estimate of drug-likeness (QED) is 0.145. The molecular formula is C51H36BN5O. The van der Waals surface area contributed by atoms with Crippen LogP contribution in [0.3, 0.4) is 0 Å². The van der Waals surface area contributed by atoms with Crippen molar-refractivity contribution in [3.63, 3.8) is 0 Å². The topological polar surface area (TPSA) is 50.3 Å². The molecule has 0 radical (unpaired) electrons. The Morgan fingerprint density at radius 3 is 1.86 bits per heavy atom. The number of pyridine rings is 1. The van der Waals surface area contributed by atoms with Crippen molar-refractivity contribution >= 4 is 67.7 Å². The Labute approximate surface area is 337 Å². The molecule has 0 unspecified atom stereocenters. The molecule has 11 rings (SSSR count). The van der Waals surface area contributed by atoms with Crippen LogP contribution in [0.15, 0.2) is 211 Å². The van der Waals surface area contributed by atoms with Gasteiger partial charge in [0, 0.05) is 44.9 Å². The third-order valence-corrected chi connectivity index (χ3v) is 11.3. The van der Waals surface area contributed by atoms with E-state index in [4.69, 9.17) is 14.7 Å². The maximum Gasteiger partial charge on any atom is 0.249 e. The van der Waals surface area contributed by atoms with Crippen LogP contribution in [0.5, 0.6) is 0 Å². The highest BCUT2D eigenvalue weighted by molar-refractivity contribution is 6.97. The fraction of sp³-hybridized carbons (Fsp3) is 0.0196. The zero-order valence-electron chi connectivity index (χ0n) is 31.6. The molecule has 0 aliphatic carbocycles. The Kier molecular flexibility index (Phi) is 8.21. The van der Waals surface area contributed by atoms with Crippen LogP contribution in [0.1, 0.15) is 0 Å². The number of aromatic nitrogens is 3. The molecule has 4 heterocycles. The molecule has 6 nitrogen and oxygen atoms in total. The largest absolute Gasteiger partial charge is 0.356 e. The zero-order valence-corrected chi connectivity index (χ0v) is 31.6. The smallest absolute Gasteiger partial charge is 0.249 e. The standard InChI is InChI=1S/C51H36BN5O/c1-4-17-36(18-5-1)50-49(51(58-54-50)37-19-6-2-7-20-37)52(39-30-31-43-42-25-10-11-26-44(42)57(47(43)34-39)48-29-14-15-32-53-48)38-21-16-24-41(33-38)56-35-55(40-22-8-3-9-23-40)45-27-12-13-28-46(45)56/h1-34H,35H2. The summed E-state index contributed by atoms with van der Waals surface area (Å²) >= 11 is 0. The van der Waals surface area contributed by atoms with E-state index in [1.165, 1.54) is 22.1 Å². The molecule has 274 valence electrons. The maximum atomic E-state index is 6.45. The van der Waals surface area contributed by atoms with Gasteiger partial charge in [0.05, 0.1) is 22.4 Å². The number of anilines is 4. The molecule has 0 N–H and O–H groups in total. The molecule has 0 amide bonds. The number of fused-ring (bicyclic) bond motifs is 4. The van der Waals surface area contributed by atoms with E-state index in [1.807, 2.05) is 30.5 Å². The van der Waals surface area contributed by atoms with Crippen LogP contribution in [0.25, 0.3) is 50.2 Å². The van der Waals surface area contributed by atoms with Gasteiger partial charge >= 0.3 is 0 Å². The van der Waals surface area contributed by atoms with Crippen molar-refractivity contribution in [2.75, 3.05) is 16.5 Å². The molecule has 7 heteroatoms. The summed E-state index contributed by atoms with van der Waals surface area (Å²) in [4.78, 5) is 9.63. The first kappa shape index (κ1) is 33.7. The van der Waals surface area contributed by atoms with Crippen LogP contribution in [0.4, 0.5) is 22.7 Å². The minimum absolute atomic E-state index is 0.265. The maximum absolute atomic E-state index is 6.45. The third kappa shape index (κ3) is 5.67. The average Bonchev–Trinajstić information content (AvgIpc) is 4.00. The second-order valence-corrected chi connectivity index (χ2v) is 14.7. The molecule has 1 aliphatic rings. The van der Waals surface area contributed by atoms with Gasteiger partial charge in [0.1, 0.15) is 18.2 Å². The molecule has 0 bridgehead atoms. The SMILES string of the molecule is c1ccc(-c2noc(-c3ccccc3)c2B(c2cccc(N3CN(c4ccccc4)c4ccccc43)c2)c2ccc3c4ccccc4n(-c4ccccn4)c3c2)cc1. The van der Waals surface area contributed by atoms with E-state index >= 15 is 0 Å². The lowest BCUT2D eigenvalue weighted by Crippen LogP contribution is -2.53. The highest BCUT2D eigenvalue weighted by Gasteiger charge is 2.34. The van der Waals surface area contributed by atoms with Gasteiger partial charge in [-0.15, -0.1) is 0 Å². The molecule has 0 saturated heterocycles. The van der Waals surface area contributed by atoms with Gasteiger partial charge in [0.25, 0.3) is 0 Å². The zero-order chi connectivity index (χ0) is 38.4. The van der Waals surface area contributed by atoms with Crippen molar-refractivity contribution < 1.29 is 4.52 Å². The normalized spacial score (nSPS) is 12.3. The summed E-state index contributed by atoms with van der Waals surface area (Å²) in [5, 5.41) is 7.22. The first-order chi connectivity index (χ1) is 28.8. The predicted octanol–water partition coefficient (Wildman–Crippen LogP) is 10.3. The molecular weight excluding hydrogens is 709 g/mol. The molecule has 0 saturated carbocycles. The van der Waals surface area contributed by atoms with Crippen molar-refractivity contribution in [3.8, 4) is 28.4 Å². The molecule has 58 heavy (non-hydrogen) atoms. The second kappa shape index (κ2) is 14.1. The average molecular weight is 746 g/mol. The lowest BCUT2D eigenvalue weighted by molar-refractivity contribution is 0.435. The summed E-state index contributed by atoms with van der Waals surface area (Å²) in [5.41, 5.74) is 12.9. The van der Waals surface area contributed by atoms with Crippen LogP contribution >= 0.6 is 0 Å². The van der Waals surface area contributed by atoms with Crippen molar-refractivity contribution in [1.82, 2.24) is 14.7 Å². The summed E-state index contributed by atoms with van der Waals surface area (Å²) in [6, 6.07) is 70.6. The molecule has 10 aromatic rings. The van der Waals surface area contributed by atoms with E-state index in [-0.39, 0.29) is 6.71 Å². The van der Waals surface area contributed by atoms with Gasteiger partial charge in [0.2, 0.25) is 6.71 Å². The van der Waals surface area contributed by atoms with Crippen LogP contribution in [0, 0.1) is 0 Å². The van der Waals surface area contributed by atoms with Gasteiger partial charge in [-0.2, -0.15) is 0 Å². The molecule has 3 aromatic heterocycles. The predicted molar refractivity (Wildman–Crippen MR) is 239 cm³/mol. The van der Waals surface area contributed by atoms with Gasteiger partial charge in [-0.05, 0) is 60.7 Å². The molecule has 0 fully saturated rings. The van der Waals surface area contributed by atoms with Crippen LogP contribution < -0.4 is 26.2 Å². The summed E-state index contributed by atoms with van der Waals surface area (Å²) in [6.07, 6.45) is 1.86. The number of benzene rings is 7. The highest BCUT2D eigenvalue weighted by atomic mass is 16.5. The van der Waals surface area contributed by atoms with Crippen LogP contribution in [-0.2, 0) is 0 Å². The van der Waals surface area contributed by atoms with E-state index < -0.39 is 0 Å². The Balaban J connectivity index is 1.16. The Bertz CT molecular complexity index is 3000. The number of para-hydroxylation sites is 4. The molecule has 7 aromatic carbocycles. The fourth-order valence-electron chi connectivity index (χ4n) is 8.73. The van der Waals surface area contributed by atoms with Crippen molar-refractivity contribution in [2.45, 2.75) is 0 Å². The van der Waals surface area contributed by atoms with E-state index in [1.54, 1.807) is 0 Å². The second-order valence-electron chi connectivity index (χ2n) is 14.7. The van der Waals surface area contributed by atoms with E-state index in [0.717, 1.165) is 67.2 Å². The minimum Gasteiger partial charge on any atom is -0.356 e. The summed E-state index contributed by atoms with van der Waals surface area (Å²) in [6.45, 7) is 0.421. The Hall–Kier alpha value is -7.64. The Morgan fingerprint density at radius 2 is 1.10 bits per heavy atom. The lowest BCUT2D eigenvalue weighted by Gasteiger charge is -2.24. The number of nitrogens with zero attached hydrogens (tertiary/aromatic N) is 5. The number of rotatable bonds is 8. The van der Waals surface area contributed by atoms with E-state index in [2.05, 4.69) is 190 Å². The van der Waals surface area contributed by atoms with Crippen molar-refractivity contribution in [1.29, 1.82) is 0 Å². The van der Waals surface area contributed by atoms with E-state index in [0.29, 0.717) is 6.67 Å². The van der Waals surface area contributed by atoms with Crippen molar-refractivity contribution in [3.05, 3.63) is 206 Å². The number of hydrogen-bond acceptors (Lipinski definition) is 5. The van der Waals surface area contributed by atoms with Crippen LogP contribution in [-0.4, -0.2) is 28.1 Å². The summed E-state index contributed by atoms with van der Waals surface area (Å²) < 4.78 is 8.73. The molecule has 0 spiro atoms. The van der Waals surface area contributed by atoms with E-state index in [9.17, 15) is 0 Å². The fourth-order valence-corrected chi connectivity index (χ4v) is 8.73. The first-order valence-corrected chi connectivity index (χ1v) is 19.6. The lowest BCUT2D eigenvalue weighted by atomic mass is 9.36. The summed E-state index contributed by atoms with van der Waals surface area (Å²) in [5.74, 6) is 1.63. The van der Waals surface area contributed by atoms with Gasteiger partial charge in [0.15, 0.2) is 5.76 Å².